The van der Waals surface area contributed by atoms with Crippen molar-refractivity contribution >= 4 is 17.8 Å². The van der Waals surface area contributed by atoms with Crippen LogP contribution >= 0.6 is 0 Å². The van der Waals surface area contributed by atoms with Gasteiger partial charge in [0.1, 0.15) is 0 Å². The summed E-state index contributed by atoms with van der Waals surface area (Å²) in [6.45, 7) is 2.96. The molecule has 0 saturated carbocycles. The van der Waals surface area contributed by atoms with E-state index in [1.54, 1.807) is 6.92 Å². The number of hydrogen-bond donors (Lipinski definition) is 1. The van der Waals surface area contributed by atoms with Crippen LogP contribution in [0.5, 0.6) is 0 Å². The van der Waals surface area contributed by atoms with Gasteiger partial charge in [-0.2, -0.15) is 0 Å². The van der Waals surface area contributed by atoms with Crippen molar-refractivity contribution in [1.82, 2.24) is 15.1 Å². The third-order valence-corrected chi connectivity index (χ3v) is 2.15. The molecule has 14 heavy (non-hydrogen) atoms. The van der Waals surface area contributed by atoms with Crippen LogP contribution < -0.4 is 5.32 Å². The fraction of sp³-hybridized carbons (Fsp3) is 0.625. The highest BCUT2D eigenvalue weighted by Gasteiger charge is 2.34. The predicted octanol–water partition coefficient (Wildman–Crippen LogP) is -0.984. The van der Waals surface area contributed by atoms with Crippen LogP contribution in [0.2, 0.25) is 0 Å². The summed E-state index contributed by atoms with van der Waals surface area (Å²) in [5.41, 5.74) is 0. The van der Waals surface area contributed by atoms with Crippen LogP contribution in [0.4, 0.5) is 4.79 Å². The summed E-state index contributed by atoms with van der Waals surface area (Å²) >= 11 is 0. The van der Waals surface area contributed by atoms with E-state index in [1.807, 2.05) is 0 Å². The van der Waals surface area contributed by atoms with Crippen LogP contribution in [-0.2, 0) is 9.59 Å². The lowest BCUT2D eigenvalue weighted by Crippen LogP contribution is -2.57. The zero-order chi connectivity index (χ0) is 10.7. The number of hydrogen-bond acceptors (Lipinski definition) is 3. The normalized spacial score (nSPS) is 17.3. The number of nitrogens with zero attached hydrogens (tertiary/aromatic N) is 2. The third kappa shape index (κ3) is 1.68. The molecule has 1 heterocycles. The molecule has 0 aromatic carbocycles. The molecule has 0 radical (unpaired) electrons. The van der Waals surface area contributed by atoms with Gasteiger partial charge in [-0.3, -0.25) is 14.5 Å². The molecule has 1 aliphatic heterocycles. The molecule has 0 aromatic heterocycles. The van der Waals surface area contributed by atoms with E-state index in [1.165, 1.54) is 11.9 Å². The minimum Gasteiger partial charge on any atom is -0.341 e. The Morgan fingerprint density at radius 3 is 2.50 bits per heavy atom. The average Bonchev–Trinajstić information content (AvgIpc) is 2.21. The number of imide groups is 1. The Bertz CT molecular complexity index is 277. The zero-order valence-electron chi connectivity index (χ0n) is 8.24. The molecule has 1 N–H and O–H groups in total. The minimum absolute atomic E-state index is 0.262. The van der Waals surface area contributed by atoms with Crippen LogP contribution in [0.15, 0.2) is 0 Å². The molecule has 0 unspecified atom stereocenters. The zero-order valence-corrected chi connectivity index (χ0v) is 8.24. The van der Waals surface area contributed by atoms with Crippen molar-refractivity contribution in [2.24, 2.45) is 0 Å². The molecule has 0 bridgehead atoms. The largest absolute Gasteiger partial charge is 0.341 e. The fourth-order valence-electron chi connectivity index (χ4n) is 1.30. The van der Waals surface area contributed by atoms with E-state index in [-0.39, 0.29) is 6.54 Å². The summed E-state index contributed by atoms with van der Waals surface area (Å²) in [5.74, 6) is -1.36. The van der Waals surface area contributed by atoms with E-state index in [9.17, 15) is 14.4 Å². The van der Waals surface area contributed by atoms with Crippen molar-refractivity contribution in [2.75, 3.05) is 26.7 Å². The van der Waals surface area contributed by atoms with E-state index >= 15 is 0 Å². The lowest BCUT2D eigenvalue weighted by atomic mass is 10.3. The van der Waals surface area contributed by atoms with E-state index in [0.29, 0.717) is 13.1 Å². The SMILES string of the molecule is CCN1CCN(C(=O)NC)C(=O)C1=O. The summed E-state index contributed by atoms with van der Waals surface area (Å²) in [5, 5.41) is 2.31. The second kappa shape index (κ2) is 4.08. The van der Waals surface area contributed by atoms with E-state index < -0.39 is 17.8 Å². The number of carbonyl (C=O) groups excluding carboxylic acids is 3. The van der Waals surface area contributed by atoms with Gasteiger partial charge >= 0.3 is 17.8 Å². The number of rotatable bonds is 1. The van der Waals surface area contributed by atoms with Gasteiger partial charge in [0.05, 0.1) is 0 Å². The number of urea groups is 1. The highest BCUT2D eigenvalue weighted by Crippen LogP contribution is 2.04. The molecule has 6 nitrogen and oxygen atoms in total. The molecule has 0 aliphatic carbocycles. The maximum Gasteiger partial charge on any atom is 0.324 e. The van der Waals surface area contributed by atoms with Crippen LogP contribution in [0, 0.1) is 0 Å². The number of carbonyl (C=O) groups is 3. The van der Waals surface area contributed by atoms with E-state index in [2.05, 4.69) is 5.32 Å². The van der Waals surface area contributed by atoms with Gasteiger partial charge in [0, 0.05) is 26.7 Å². The first-order valence-corrected chi connectivity index (χ1v) is 4.44. The van der Waals surface area contributed by atoms with Crippen LogP contribution in [0.25, 0.3) is 0 Å². The molecule has 4 amide bonds. The Labute approximate surface area is 81.8 Å². The van der Waals surface area contributed by atoms with Crippen LogP contribution in [-0.4, -0.2) is 54.3 Å². The summed E-state index contributed by atoms with van der Waals surface area (Å²) in [7, 11) is 1.42. The van der Waals surface area contributed by atoms with Gasteiger partial charge < -0.3 is 10.2 Å². The highest BCUT2D eigenvalue weighted by molar-refractivity contribution is 6.38. The van der Waals surface area contributed by atoms with Crippen molar-refractivity contribution in [1.29, 1.82) is 0 Å². The highest BCUT2D eigenvalue weighted by atomic mass is 16.2. The Balaban J connectivity index is 2.74. The Hall–Kier alpha value is -1.59. The average molecular weight is 199 g/mol. The van der Waals surface area contributed by atoms with Gasteiger partial charge in [-0.1, -0.05) is 0 Å². The summed E-state index contributed by atoms with van der Waals surface area (Å²) in [6, 6.07) is -0.529. The van der Waals surface area contributed by atoms with Crippen molar-refractivity contribution in [2.45, 2.75) is 6.92 Å². The lowest BCUT2D eigenvalue weighted by molar-refractivity contribution is -0.153. The first kappa shape index (κ1) is 10.5. The molecule has 1 saturated heterocycles. The van der Waals surface area contributed by atoms with E-state index in [4.69, 9.17) is 0 Å². The van der Waals surface area contributed by atoms with Crippen molar-refractivity contribution in [3.8, 4) is 0 Å². The first-order chi connectivity index (χ1) is 6.61. The Kier molecular flexibility index (Phi) is 3.06. The van der Waals surface area contributed by atoms with Gasteiger partial charge in [0.25, 0.3) is 0 Å². The molecular formula is C8H13N3O3. The number of piperazine rings is 1. The smallest absolute Gasteiger partial charge is 0.324 e. The van der Waals surface area contributed by atoms with Gasteiger partial charge in [-0.25, -0.2) is 4.79 Å². The number of amides is 4. The Morgan fingerprint density at radius 1 is 1.36 bits per heavy atom. The molecule has 0 atom stereocenters. The van der Waals surface area contributed by atoms with Gasteiger partial charge in [-0.15, -0.1) is 0 Å². The van der Waals surface area contributed by atoms with E-state index in [0.717, 1.165) is 4.90 Å². The summed E-state index contributed by atoms with van der Waals surface area (Å²) in [6.07, 6.45) is 0. The van der Waals surface area contributed by atoms with Gasteiger partial charge in [0.15, 0.2) is 0 Å². The second-order valence-corrected chi connectivity index (χ2v) is 2.90. The van der Waals surface area contributed by atoms with Crippen molar-refractivity contribution < 1.29 is 14.4 Å². The quantitative estimate of drug-likeness (QED) is 0.552. The fourth-order valence-corrected chi connectivity index (χ4v) is 1.30. The van der Waals surface area contributed by atoms with Crippen molar-refractivity contribution in [3.05, 3.63) is 0 Å². The summed E-state index contributed by atoms with van der Waals surface area (Å²) < 4.78 is 0. The number of likely N-dealkylation sites (N-methyl/N-ethyl adjacent to an activating group) is 1. The molecule has 78 valence electrons. The second-order valence-electron chi connectivity index (χ2n) is 2.90. The topological polar surface area (TPSA) is 69.7 Å². The molecular weight excluding hydrogens is 186 g/mol. The lowest BCUT2D eigenvalue weighted by Gasteiger charge is -2.31. The van der Waals surface area contributed by atoms with Crippen LogP contribution in [0.3, 0.4) is 0 Å². The van der Waals surface area contributed by atoms with Gasteiger partial charge in [0.2, 0.25) is 0 Å². The third-order valence-electron chi connectivity index (χ3n) is 2.15. The van der Waals surface area contributed by atoms with Crippen molar-refractivity contribution in [3.63, 3.8) is 0 Å². The first-order valence-electron chi connectivity index (χ1n) is 4.44. The maximum absolute atomic E-state index is 11.4. The molecule has 6 heteroatoms. The molecule has 1 rings (SSSR count). The number of nitrogens with one attached hydrogen (secondary N) is 1. The molecule has 1 fully saturated rings. The Morgan fingerprint density at radius 2 is 2.00 bits per heavy atom. The monoisotopic (exact) mass is 199 g/mol. The predicted molar refractivity (Wildman–Crippen MR) is 48.4 cm³/mol. The van der Waals surface area contributed by atoms with Crippen LogP contribution in [0.1, 0.15) is 6.92 Å². The maximum atomic E-state index is 11.4. The molecule has 0 spiro atoms. The summed E-state index contributed by atoms with van der Waals surface area (Å²) in [4.78, 5) is 36.2. The minimum atomic E-state index is -0.752. The molecule has 0 aromatic rings. The van der Waals surface area contributed by atoms with Gasteiger partial charge in [-0.05, 0) is 6.92 Å². The standard InChI is InChI=1S/C8H13N3O3/c1-3-10-4-5-11(8(14)9-2)7(13)6(10)12/h3-5H2,1-2H3,(H,9,14). The molecule has 1 aliphatic rings.